The second kappa shape index (κ2) is 6.17. The zero-order valence-electron chi connectivity index (χ0n) is 13.1. The van der Waals surface area contributed by atoms with Crippen LogP contribution in [0.25, 0.3) is 0 Å². The number of benzene rings is 1. The molecule has 6 nitrogen and oxygen atoms in total. The molecule has 1 aliphatic heterocycles. The van der Waals surface area contributed by atoms with Gasteiger partial charge in [-0.05, 0) is 26.3 Å². The molecular weight excluding hydrogens is 282 g/mol. The Labute approximate surface area is 130 Å². The Hall–Kier alpha value is -2.37. The number of likely N-dealkylation sites (N-methyl/N-ethyl adjacent to an activating group) is 1. The average Bonchev–Trinajstić information content (AvgIpc) is 2.67. The third kappa shape index (κ3) is 3.27. The molecule has 4 amide bonds. The number of carbonyl (C=O) groups is 3. The Bertz CT molecular complexity index is 584. The molecule has 1 aliphatic rings. The van der Waals surface area contributed by atoms with Gasteiger partial charge in [0, 0.05) is 13.1 Å². The van der Waals surface area contributed by atoms with Gasteiger partial charge in [-0.25, -0.2) is 4.79 Å². The van der Waals surface area contributed by atoms with Gasteiger partial charge in [-0.1, -0.05) is 30.3 Å². The second-order valence-corrected chi connectivity index (χ2v) is 5.84. The van der Waals surface area contributed by atoms with Gasteiger partial charge < -0.3 is 10.2 Å². The maximum absolute atomic E-state index is 12.4. The van der Waals surface area contributed by atoms with E-state index in [1.807, 2.05) is 37.3 Å². The van der Waals surface area contributed by atoms with Gasteiger partial charge in [-0.2, -0.15) is 0 Å². The van der Waals surface area contributed by atoms with Crippen molar-refractivity contribution in [2.45, 2.75) is 32.9 Å². The molecule has 1 aromatic carbocycles. The van der Waals surface area contributed by atoms with Crippen LogP contribution in [0.15, 0.2) is 30.3 Å². The predicted octanol–water partition coefficient (Wildman–Crippen LogP) is 1.37. The lowest BCUT2D eigenvalue weighted by Gasteiger charge is -2.23. The molecule has 1 fully saturated rings. The van der Waals surface area contributed by atoms with Gasteiger partial charge in [-0.15, -0.1) is 0 Å². The molecule has 2 rings (SSSR count). The van der Waals surface area contributed by atoms with Crippen LogP contribution in [-0.2, 0) is 16.1 Å². The lowest BCUT2D eigenvalue weighted by atomic mass is 10.1. The molecule has 1 heterocycles. The Kier molecular flexibility index (Phi) is 4.49. The Morgan fingerprint density at radius 1 is 1.23 bits per heavy atom. The number of imide groups is 1. The van der Waals surface area contributed by atoms with Crippen molar-refractivity contribution < 1.29 is 14.4 Å². The molecule has 1 saturated heterocycles. The number of hydrogen-bond acceptors (Lipinski definition) is 3. The molecule has 22 heavy (non-hydrogen) atoms. The van der Waals surface area contributed by atoms with E-state index >= 15 is 0 Å². The van der Waals surface area contributed by atoms with Crippen LogP contribution < -0.4 is 5.32 Å². The van der Waals surface area contributed by atoms with Crippen molar-refractivity contribution in [2.24, 2.45) is 0 Å². The first kappa shape index (κ1) is 16.0. The van der Waals surface area contributed by atoms with E-state index in [2.05, 4.69) is 5.32 Å². The summed E-state index contributed by atoms with van der Waals surface area (Å²) in [4.78, 5) is 38.9. The molecule has 0 atom stereocenters. The topological polar surface area (TPSA) is 69.7 Å². The largest absolute Gasteiger partial charge is 0.337 e. The maximum atomic E-state index is 12.4. The molecule has 0 aromatic heterocycles. The third-order valence-corrected chi connectivity index (χ3v) is 3.69. The van der Waals surface area contributed by atoms with E-state index in [9.17, 15) is 14.4 Å². The highest BCUT2D eigenvalue weighted by molar-refractivity contribution is 6.08. The van der Waals surface area contributed by atoms with Crippen LogP contribution in [-0.4, -0.2) is 46.3 Å². The monoisotopic (exact) mass is 303 g/mol. The summed E-state index contributed by atoms with van der Waals surface area (Å²) in [5.74, 6) is -0.617. The molecule has 0 bridgehead atoms. The number of hydrogen-bond donors (Lipinski definition) is 1. The number of urea groups is 1. The first-order valence-electron chi connectivity index (χ1n) is 7.31. The first-order chi connectivity index (χ1) is 10.3. The van der Waals surface area contributed by atoms with Crippen LogP contribution in [0.2, 0.25) is 0 Å². The molecule has 1 N–H and O–H groups in total. The van der Waals surface area contributed by atoms with E-state index in [-0.39, 0.29) is 18.4 Å². The number of carbonyl (C=O) groups excluding carboxylic acids is 3. The van der Waals surface area contributed by atoms with Crippen molar-refractivity contribution in [3.63, 3.8) is 0 Å². The summed E-state index contributed by atoms with van der Waals surface area (Å²) in [6.45, 7) is 5.87. The van der Waals surface area contributed by atoms with Crippen molar-refractivity contribution in [3.05, 3.63) is 35.9 Å². The van der Waals surface area contributed by atoms with Crippen LogP contribution in [0.3, 0.4) is 0 Å². The second-order valence-electron chi connectivity index (χ2n) is 5.84. The van der Waals surface area contributed by atoms with Crippen LogP contribution in [0.1, 0.15) is 26.3 Å². The smallest absolute Gasteiger partial charge is 0.325 e. The van der Waals surface area contributed by atoms with Crippen LogP contribution in [0.5, 0.6) is 0 Å². The number of rotatable bonds is 5. The van der Waals surface area contributed by atoms with Gasteiger partial charge in [0.15, 0.2) is 0 Å². The molecule has 1 aromatic rings. The van der Waals surface area contributed by atoms with Crippen LogP contribution >= 0.6 is 0 Å². The van der Waals surface area contributed by atoms with Crippen molar-refractivity contribution in [1.82, 2.24) is 15.1 Å². The normalized spacial score (nSPS) is 16.6. The number of nitrogens with zero attached hydrogens (tertiary/aromatic N) is 2. The van der Waals surface area contributed by atoms with E-state index in [1.165, 1.54) is 0 Å². The fourth-order valence-corrected chi connectivity index (χ4v) is 2.38. The molecule has 118 valence electrons. The summed E-state index contributed by atoms with van der Waals surface area (Å²) in [6, 6.07) is 9.09. The summed E-state index contributed by atoms with van der Waals surface area (Å²) in [7, 11) is 0. The zero-order chi connectivity index (χ0) is 16.3. The summed E-state index contributed by atoms with van der Waals surface area (Å²) >= 11 is 0. The Balaban J connectivity index is 2.04. The Morgan fingerprint density at radius 3 is 2.36 bits per heavy atom. The van der Waals surface area contributed by atoms with E-state index in [4.69, 9.17) is 0 Å². The molecule has 0 radical (unpaired) electrons. The van der Waals surface area contributed by atoms with Crippen LogP contribution in [0, 0.1) is 0 Å². The highest BCUT2D eigenvalue weighted by Gasteiger charge is 2.45. The van der Waals surface area contributed by atoms with Gasteiger partial charge in [0.05, 0.1) is 0 Å². The lowest BCUT2D eigenvalue weighted by molar-refractivity contribution is -0.138. The SMILES string of the molecule is CCN(Cc1ccccc1)C(=O)CN1C(=O)NC(C)(C)C1=O. The number of amides is 4. The quantitative estimate of drug-likeness (QED) is 0.835. The molecule has 0 spiro atoms. The van der Waals surface area contributed by atoms with Gasteiger partial charge >= 0.3 is 6.03 Å². The minimum atomic E-state index is -0.951. The van der Waals surface area contributed by atoms with Gasteiger partial charge in [-0.3, -0.25) is 14.5 Å². The predicted molar refractivity (Wildman–Crippen MR) is 81.9 cm³/mol. The van der Waals surface area contributed by atoms with Crippen molar-refractivity contribution in [2.75, 3.05) is 13.1 Å². The van der Waals surface area contributed by atoms with Crippen molar-refractivity contribution in [3.8, 4) is 0 Å². The summed E-state index contributed by atoms with van der Waals surface area (Å²) in [5, 5.41) is 2.57. The highest BCUT2D eigenvalue weighted by atomic mass is 16.2. The lowest BCUT2D eigenvalue weighted by Crippen LogP contribution is -2.44. The van der Waals surface area contributed by atoms with Gasteiger partial charge in [0.25, 0.3) is 5.91 Å². The van der Waals surface area contributed by atoms with Crippen molar-refractivity contribution >= 4 is 17.8 Å². The minimum Gasteiger partial charge on any atom is -0.337 e. The summed E-state index contributed by atoms with van der Waals surface area (Å²) in [6.07, 6.45) is 0. The molecule has 0 saturated carbocycles. The first-order valence-corrected chi connectivity index (χ1v) is 7.31. The summed E-state index contributed by atoms with van der Waals surface area (Å²) < 4.78 is 0. The van der Waals surface area contributed by atoms with E-state index in [0.29, 0.717) is 13.1 Å². The van der Waals surface area contributed by atoms with E-state index in [0.717, 1.165) is 10.5 Å². The van der Waals surface area contributed by atoms with E-state index < -0.39 is 11.6 Å². The average molecular weight is 303 g/mol. The standard InChI is InChI=1S/C16H21N3O3/c1-4-18(10-12-8-6-5-7-9-12)13(20)11-19-14(21)16(2,3)17-15(19)22/h5-9H,4,10-11H2,1-3H3,(H,17,22). The maximum Gasteiger partial charge on any atom is 0.325 e. The minimum absolute atomic E-state index is 0.227. The molecule has 0 unspecified atom stereocenters. The van der Waals surface area contributed by atoms with E-state index in [1.54, 1.807) is 18.7 Å². The van der Waals surface area contributed by atoms with Crippen LogP contribution in [0.4, 0.5) is 4.79 Å². The highest BCUT2D eigenvalue weighted by Crippen LogP contribution is 2.16. The summed E-state index contributed by atoms with van der Waals surface area (Å²) in [5.41, 5.74) is 0.0589. The third-order valence-electron chi connectivity index (χ3n) is 3.69. The molecule has 6 heteroatoms. The molecule has 0 aliphatic carbocycles. The number of nitrogens with one attached hydrogen (secondary N) is 1. The van der Waals surface area contributed by atoms with Gasteiger partial charge in [0.2, 0.25) is 5.91 Å². The fraction of sp³-hybridized carbons (Fsp3) is 0.438. The Morgan fingerprint density at radius 2 is 1.86 bits per heavy atom. The zero-order valence-corrected chi connectivity index (χ0v) is 13.1. The van der Waals surface area contributed by atoms with Crippen molar-refractivity contribution in [1.29, 1.82) is 0 Å². The molecular formula is C16H21N3O3. The fourth-order valence-electron chi connectivity index (χ4n) is 2.38. The van der Waals surface area contributed by atoms with Gasteiger partial charge in [0.1, 0.15) is 12.1 Å².